The maximum Gasteiger partial charge on any atom is 0.159 e. The topological polar surface area (TPSA) is 0 Å². The van der Waals surface area contributed by atoms with Crippen LogP contribution in [0.4, 0.5) is 0 Å². The molecule has 0 N–H and O–H groups in total. The van der Waals surface area contributed by atoms with Gasteiger partial charge in [0, 0.05) is 0 Å². The van der Waals surface area contributed by atoms with Gasteiger partial charge in [-0.15, -0.1) is 0 Å². The Hall–Kier alpha value is 3.54. The van der Waals surface area contributed by atoms with Gasteiger partial charge in [0.25, 0.3) is 0 Å². The van der Waals surface area contributed by atoms with Gasteiger partial charge in [-0.25, -0.2) is 0 Å². The van der Waals surface area contributed by atoms with Gasteiger partial charge < -0.3 is 0 Å². The largest absolute Gasteiger partial charge is 0.159 e. The van der Waals surface area contributed by atoms with E-state index in [1.165, 1.54) is 0 Å². The minimum atomic E-state index is -0.478. The summed E-state index contributed by atoms with van der Waals surface area (Å²) >= 11 is 31.8. The normalized spacial score (nSPS) is 13.8. The van der Waals surface area contributed by atoms with Crippen LogP contribution in [0.5, 0.6) is 0 Å². The Morgan fingerprint density at radius 3 is 0.722 bits per heavy atom. The average Bonchev–Trinajstić information content (AvgIpc) is 2.13. The molecule has 0 bridgehead atoms. The lowest BCUT2D eigenvalue weighted by atomic mass is 10.1. The summed E-state index contributed by atoms with van der Waals surface area (Å²) in [4.78, 5) is 0. The molecule has 1 aromatic carbocycles. The summed E-state index contributed by atoms with van der Waals surface area (Å²) < 4.78 is -1.43. The predicted molar refractivity (Wildman–Crippen MR) is 112 cm³/mol. The van der Waals surface area contributed by atoms with E-state index in [2.05, 4.69) is 143 Å². The summed E-state index contributed by atoms with van der Waals surface area (Å²) in [6.07, 6.45) is 0. The van der Waals surface area contributed by atoms with E-state index in [9.17, 15) is 0 Å². The molecule has 0 atom stereocenters. The molecule has 0 radical (unpaired) electrons. The molecule has 18 heavy (non-hydrogen) atoms. The zero-order valence-corrected chi connectivity index (χ0v) is 22.4. The van der Waals surface area contributed by atoms with Crippen LogP contribution in [0.1, 0.15) is 16.7 Å². The van der Waals surface area contributed by atoms with Crippen molar-refractivity contribution in [3.63, 3.8) is 0 Å². The van der Waals surface area contributed by atoms with Gasteiger partial charge >= 0.3 is 0 Å². The summed E-state index contributed by atoms with van der Waals surface area (Å²) in [6, 6.07) is 6.12. The number of hydrogen-bond donors (Lipinski definition) is 0. The molecule has 0 heterocycles. The maximum atomic E-state index is 3.53. The second-order valence-electron chi connectivity index (χ2n) is 3.29. The molecule has 1 aromatic rings. The molecular formula is C9H3Br9. The summed E-state index contributed by atoms with van der Waals surface area (Å²) in [6.45, 7) is 0. The molecule has 0 spiro atoms. The quantitative estimate of drug-likeness (QED) is 0.230. The molecule has 102 valence electrons. The van der Waals surface area contributed by atoms with Gasteiger partial charge in [0.05, 0.1) is 0 Å². The fourth-order valence-electron chi connectivity index (χ4n) is 1.12. The predicted octanol–water partition coefficient (Wildman–Crippen LogP) is 8.57. The first kappa shape index (κ1) is 19.6. The standard InChI is InChI=1S/C9H3Br9/c10-7(11,12)4-1-5(8(13,14)15)3-6(2-4)9(16,17)18/h1-3H. The lowest BCUT2D eigenvalue weighted by Crippen LogP contribution is -2.09. The lowest BCUT2D eigenvalue weighted by Gasteiger charge is -2.23. The zero-order valence-electron chi connectivity index (χ0n) is 8.13. The van der Waals surface area contributed by atoms with Crippen LogP contribution in [0.3, 0.4) is 0 Å². The maximum absolute atomic E-state index is 3.53. The molecule has 0 amide bonds. The number of halogens is 9. The van der Waals surface area contributed by atoms with E-state index in [-0.39, 0.29) is 0 Å². The van der Waals surface area contributed by atoms with E-state index in [4.69, 9.17) is 0 Å². The highest BCUT2D eigenvalue weighted by atomic mass is 80.0. The van der Waals surface area contributed by atoms with Crippen molar-refractivity contribution in [3.8, 4) is 0 Å². The van der Waals surface area contributed by atoms with E-state index in [0.717, 1.165) is 16.7 Å². The zero-order chi connectivity index (χ0) is 14.4. The molecule has 0 aromatic heterocycles. The van der Waals surface area contributed by atoms with Gasteiger partial charge in [0.1, 0.15) is 0 Å². The number of hydrogen-bond acceptors (Lipinski definition) is 0. The molecule has 0 saturated carbocycles. The first-order valence-electron chi connectivity index (χ1n) is 4.18. The van der Waals surface area contributed by atoms with Gasteiger partial charge in [-0.2, -0.15) is 0 Å². The summed E-state index contributed by atoms with van der Waals surface area (Å²) in [5.74, 6) is 0. The first-order chi connectivity index (χ1) is 7.82. The smallest absolute Gasteiger partial charge is 0.0546 e. The van der Waals surface area contributed by atoms with Crippen molar-refractivity contribution in [2.24, 2.45) is 0 Å². The summed E-state index contributed by atoms with van der Waals surface area (Å²) in [5, 5.41) is 0. The van der Waals surface area contributed by atoms with E-state index in [1.807, 2.05) is 18.2 Å². The number of rotatable bonds is 0. The molecule has 9 heteroatoms. The van der Waals surface area contributed by atoms with E-state index >= 15 is 0 Å². The van der Waals surface area contributed by atoms with Crippen molar-refractivity contribution in [1.29, 1.82) is 0 Å². The molecular weight excluding hydrogens is 827 g/mol. The molecule has 0 fully saturated rings. The third-order valence-electron chi connectivity index (χ3n) is 1.91. The summed E-state index contributed by atoms with van der Waals surface area (Å²) in [7, 11) is 0. The fraction of sp³-hybridized carbons (Fsp3) is 0.333. The molecule has 0 nitrogen and oxygen atoms in total. The SMILES string of the molecule is BrC(Br)(Br)c1cc(C(Br)(Br)Br)cc(C(Br)(Br)Br)c1. The Morgan fingerprint density at radius 1 is 0.444 bits per heavy atom. The van der Waals surface area contributed by atoms with E-state index in [0.29, 0.717) is 0 Å². The van der Waals surface area contributed by atoms with Crippen LogP contribution in [0.15, 0.2) is 18.2 Å². The first-order valence-corrected chi connectivity index (χ1v) is 11.3. The van der Waals surface area contributed by atoms with Crippen molar-refractivity contribution >= 4 is 143 Å². The van der Waals surface area contributed by atoms with Crippen molar-refractivity contribution in [1.82, 2.24) is 0 Å². The summed E-state index contributed by atoms with van der Waals surface area (Å²) in [5.41, 5.74) is 3.04. The minimum absolute atomic E-state index is 0.478. The lowest BCUT2D eigenvalue weighted by molar-refractivity contribution is 1.22. The Morgan fingerprint density at radius 2 is 0.611 bits per heavy atom. The Labute approximate surface area is 181 Å². The highest BCUT2D eigenvalue weighted by Crippen LogP contribution is 2.52. The highest BCUT2D eigenvalue weighted by molar-refractivity contribution is 9.39. The van der Waals surface area contributed by atoms with Crippen LogP contribution in [-0.4, -0.2) is 0 Å². The van der Waals surface area contributed by atoms with Crippen LogP contribution in [0.2, 0.25) is 0 Å². The van der Waals surface area contributed by atoms with Crippen LogP contribution in [0, 0.1) is 0 Å². The Balaban J connectivity index is 3.49. The number of benzene rings is 1. The van der Waals surface area contributed by atoms with Gasteiger partial charge in [-0.3, -0.25) is 0 Å². The van der Waals surface area contributed by atoms with Crippen LogP contribution < -0.4 is 0 Å². The minimum Gasteiger partial charge on any atom is -0.0546 e. The van der Waals surface area contributed by atoms with Gasteiger partial charge in [0.15, 0.2) is 6.43 Å². The third-order valence-corrected chi connectivity index (χ3v) is 6.04. The Bertz CT molecular complexity index is 356. The fourth-order valence-corrected chi connectivity index (χ4v) is 3.18. The molecule has 1 rings (SSSR count). The van der Waals surface area contributed by atoms with Crippen molar-refractivity contribution in [2.75, 3.05) is 0 Å². The highest BCUT2D eigenvalue weighted by Gasteiger charge is 2.31. The second-order valence-corrected chi connectivity index (χ2v) is 23.6. The second kappa shape index (κ2) is 6.97. The molecule has 0 aliphatic rings. The van der Waals surface area contributed by atoms with Crippen molar-refractivity contribution < 1.29 is 0 Å². The average molecular weight is 830 g/mol. The van der Waals surface area contributed by atoms with E-state index < -0.39 is 6.43 Å². The monoisotopic (exact) mass is 821 g/mol. The molecule has 0 saturated heterocycles. The molecule has 0 aliphatic carbocycles. The Kier molecular flexibility index (Phi) is 7.59. The van der Waals surface area contributed by atoms with Crippen LogP contribution in [-0.2, 0) is 6.43 Å². The van der Waals surface area contributed by atoms with Gasteiger partial charge in [-0.05, 0) is 34.9 Å². The molecule has 0 aliphatic heterocycles. The third kappa shape index (κ3) is 5.97. The van der Waals surface area contributed by atoms with Crippen LogP contribution >= 0.6 is 143 Å². The van der Waals surface area contributed by atoms with Gasteiger partial charge in [-0.1, -0.05) is 143 Å². The van der Waals surface area contributed by atoms with Crippen molar-refractivity contribution in [3.05, 3.63) is 34.9 Å². The van der Waals surface area contributed by atoms with E-state index in [1.54, 1.807) is 0 Å². The molecule has 0 unspecified atom stereocenters. The van der Waals surface area contributed by atoms with Crippen LogP contribution in [0.25, 0.3) is 0 Å². The van der Waals surface area contributed by atoms with Crippen molar-refractivity contribution in [2.45, 2.75) is 6.43 Å². The number of alkyl halides is 9. The van der Waals surface area contributed by atoms with Gasteiger partial charge in [0.2, 0.25) is 0 Å².